The predicted molar refractivity (Wildman–Crippen MR) is 144 cm³/mol. The molecule has 1 saturated carbocycles. The first-order valence-corrected chi connectivity index (χ1v) is 14.5. The Bertz CT molecular complexity index is 1720. The number of nitrogens with zero attached hydrogens (tertiary/aromatic N) is 3. The van der Waals surface area contributed by atoms with Crippen LogP contribution in [0.1, 0.15) is 40.3 Å². The summed E-state index contributed by atoms with van der Waals surface area (Å²) < 4.78 is 61.7. The van der Waals surface area contributed by atoms with Gasteiger partial charge in [0.05, 0.1) is 24.7 Å². The average Bonchev–Trinajstić information content (AvgIpc) is 3.51. The van der Waals surface area contributed by atoms with Crippen LogP contribution in [0.4, 0.5) is 19.6 Å². The minimum Gasteiger partial charge on any atom is -0.504 e. The number of phenols is 1. The van der Waals surface area contributed by atoms with Crippen LogP contribution in [0.3, 0.4) is 0 Å². The fourth-order valence-corrected chi connectivity index (χ4v) is 7.34. The summed E-state index contributed by atoms with van der Waals surface area (Å²) in [5.41, 5.74) is 3.72. The molecule has 2 aromatic carbocycles. The van der Waals surface area contributed by atoms with Crippen LogP contribution < -0.4 is 14.4 Å². The van der Waals surface area contributed by atoms with E-state index in [0.717, 1.165) is 41.0 Å². The van der Waals surface area contributed by atoms with E-state index in [4.69, 9.17) is 4.74 Å². The van der Waals surface area contributed by atoms with Crippen molar-refractivity contribution in [3.8, 4) is 22.8 Å². The van der Waals surface area contributed by atoms with Gasteiger partial charge in [-0.3, -0.25) is 4.72 Å². The van der Waals surface area contributed by atoms with Gasteiger partial charge < -0.3 is 14.7 Å². The molecule has 0 spiro atoms. The zero-order valence-electron chi connectivity index (χ0n) is 21.0. The Morgan fingerprint density at radius 3 is 2.62 bits per heavy atom. The minimum atomic E-state index is -4.08. The van der Waals surface area contributed by atoms with Gasteiger partial charge in [0.25, 0.3) is 10.0 Å². The maximum atomic E-state index is 13.9. The van der Waals surface area contributed by atoms with E-state index in [1.165, 1.54) is 30.7 Å². The maximum Gasteiger partial charge on any atom is 0.281 e. The van der Waals surface area contributed by atoms with Crippen molar-refractivity contribution in [2.75, 3.05) is 16.7 Å². The number of rotatable bonds is 7. The van der Waals surface area contributed by atoms with Crippen molar-refractivity contribution in [2.45, 2.75) is 43.8 Å². The third-order valence-corrected chi connectivity index (χ3v) is 9.59. The number of phenolic OH excluding ortho intramolecular Hbond substituents is 1. The number of anilines is 2. The topological polar surface area (TPSA) is 105 Å². The number of halogens is 2. The molecule has 2 N–H and O–H groups in total. The summed E-state index contributed by atoms with van der Waals surface area (Å²) in [6.45, 7) is 2.63. The van der Waals surface area contributed by atoms with Crippen LogP contribution in [-0.4, -0.2) is 30.6 Å². The number of thiazole rings is 1. The van der Waals surface area contributed by atoms with Crippen LogP contribution in [0.5, 0.6) is 11.5 Å². The Labute approximate surface area is 228 Å². The molecule has 1 fully saturated rings. The lowest BCUT2D eigenvalue weighted by Crippen LogP contribution is -2.18. The van der Waals surface area contributed by atoms with Crippen molar-refractivity contribution >= 4 is 32.2 Å². The Kier molecular flexibility index (Phi) is 6.18. The number of aryl methyl sites for hydroxylation is 1. The molecular formula is C27H24F2N4O4S2. The smallest absolute Gasteiger partial charge is 0.281 e. The number of nitrogens with one attached hydrogen (secondary N) is 1. The zero-order valence-corrected chi connectivity index (χ0v) is 22.7. The van der Waals surface area contributed by atoms with Crippen LogP contribution >= 0.6 is 11.3 Å². The van der Waals surface area contributed by atoms with Gasteiger partial charge in [-0.25, -0.2) is 18.7 Å². The number of aromatic nitrogens is 2. The van der Waals surface area contributed by atoms with Gasteiger partial charge in [-0.05, 0) is 67.1 Å². The molecule has 8 nitrogen and oxygen atoms in total. The highest BCUT2D eigenvalue weighted by Gasteiger charge is 2.32. The van der Waals surface area contributed by atoms with E-state index in [-0.39, 0.29) is 21.8 Å². The molecule has 1 aliphatic heterocycles. The molecule has 12 heteroatoms. The first kappa shape index (κ1) is 25.5. The second-order valence-corrected chi connectivity index (χ2v) is 12.3. The number of methoxy groups -OCH3 is 1. The van der Waals surface area contributed by atoms with Gasteiger partial charge in [-0.2, -0.15) is 8.42 Å². The Balaban J connectivity index is 1.25. The average molecular weight is 571 g/mol. The van der Waals surface area contributed by atoms with Gasteiger partial charge in [0.1, 0.15) is 0 Å². The first-order chi connectivity index (χ1) is 18.6. The lowest BCUT2D eigenvalue weighted by atomic mass is 10.1. The highest BCUT2D eigenvalue weighted by molar-refractivity contribution is 7.92. The predicted octanol–water partition coefficient (Wildman–Crippen LogP) is 5.70. The number of aromatic hydroxyl groups is 1. The summed E-state index contributed by atoms with van der Waals surface area (Å²) in [5.74, 6) is -1.23. The fourth-order valence-electron chi connectivity index (χ4n) is 4.79. The van der Waals surface area contributed by atoms with Crippen molar-refractivity contribution in [1.82, 2.24) is 9.97 Å². The Hall–Kier alpha value is -3.77. The fraction of sp³-hybridized carbons (Fsp3) is 0.259. The second-order valence-electron chi connectivity index (χ2n) is 9.67. The van der Waals surface area contributed by atoms with Gasteiger partial charge in [0.2, 0.25) is 0 Å². The van der Waals surface area contributed by atoms with E-state index in [1.54, 1.807) is 19.1 Å². The number of ether oxygens (including phenoxy) is 1. The third-order valence-electron chi connectivity index (χ3n) is 6.92. The van der Waals surface area contributed by atoms with Crippen molar-refractivity contribution in [3.05, 3.63) is 75.8 Å². The quantitative estimate of drug-likeness (QED) is 0.294. The van der Waals surface area contributed by atoms with Gasteiger partial charge >= 0.3 is 0 Å². The van der Waals surface area contributed by atoms with Gasteiger partial charge in [0, 0.05) is 29.1 Å². The number of benzene rings is 2. The molecule has 6 rings (SSSR count). The number of pyridine rings is 1. The highest BCUT2D eigenvalue weighted by Crippen LogP contribution is 2.48. The third kappa shape index (κ3) is 4.67. The SMILES string of the molecule is COc1ccc2c(c1O)CN(c1cnc(S(=O)(=O)Nc3nc(-c4ccc(F)c(F)c4)c(C4CC4)s3)c(C)c1)C2. The molecule has 2 aromatic heterocycles. The van der Waals surface area contributed by atoms with Gasteiger partial charge in [-0.15, -0.1) is 11.3 Å². The summed E-state index contributed by atoms with van der Waals surface area (Å²) >= 11 is 1.20. The molecule has 1 aliphatic carbocycles. The molecule has 202 valence electrons. The zero-order chi connectivity index (χ0) is 27.5. The van der Waals surface area contributed by atoms with Crippen LogP contribution in [-0.2, 0) is 23.1 Å². The molecule has 0 unspecified atom stereocenters. The minimum absolute atomic E-state index is 0.0994. The van der Waals surface area contributed by atoms with Gasteiger partial charge in [0.15, 0.2) is 33.3 Å². The summed E-state index contributed by atoms with van der Waals surface area (Å²) in [7, 11) is -2.59. The van der Waals surface area contributed by atoms with E-state index < -0.39 is 21.7 Å². The van der Waals surface area contributed by atoms with E-state index in [9.17, 15) is 22.3 Å². The molecule has 39 heavy (non-hydrogen) atoms. The summed E-state index contributed by atoms with van der Waals surface area (Å²) in [5, 5.41) is 10.5. The number of hydrogen-bond acceptors (Lipinski definition) is 8. The first-order valence-electron chi connectivity index (χ1n) is 12.2. The Morgan fingerprint density at radius 1 is 1.13 bits per heavy atom. The number of sulfonamides is 1. The maximum absolute atomic E-state index is 13.9. The van der Waals surface area contributed by atoms with E-state index in [1.807, 2.05) is 11.0 Å². The highest BCUT2D eigenvalue weighted by atomic mass is 32.2. The van der Waals surface area contributed by atoms with Crippen molar-refractivity contribution in [3.63, 3.8) is 0 Å². The second kappa shape index (κ2) is 9.45. The molecule has 0 atom stereocenters. The van der Waals surface area contributed by atoms with Gasteiger partial charge in [-0.1, -0.05) is 6.07 Å². The van der Waals surface area contributed by atoms with E-state index in [2.05, 4.69) is 14.7 Å². The molecule has 0 bridgehead atoms. The van der Waals surface area contributed by atoms with Crippen molar-refractivity contribution < 1.29 is 27.0 Å². The van der Waals surface area contributed by atoms with E-state index in [0.29, 0.717) is 41.3 Å². The number of hydrogen-bond donors (Lipinski definition) is 2. The normalized spacial score (nSPS) is 14.9. The molecular weight excluding hydrogens is 546 g/mol. The molecule has 0 radical (unpaired) electrons. The van der Waals surface area contributed by atoms with Crippen LogP contribution in [0.15, 0.2) is 47.6 Å². The molecule has 0 amide bonds. The monoisotopic (exact) mass is 570 g/mol. The van der Waals surface area contributed by atoms with E-state index >= 15 is 0 Å². The summed E-state index contributed by atoms with van der Waals surface area (Å²) in [4.78, 5) is 11.6. The summed E-state index contributed by atoms with van der Waals surface area (Å²) in [6.07, 6.45) is 3.35. The Morgan fingerprint density at radius 2 is 1.92 bits per heavy atom. The molecule has 4 aromatic rings. The van der Waals surface area contributed by atoms with Crippen molar-refractivity contribution in [2.24, 2.45) is 0 Å². The lowest BCUT2D eigenvalue weighted by Gasteiger charge is -2.19. The molecule has 3 heterocycles. The number of fused-ring (bicyclic) bond motifs is 1. The summed E-state index contributed by atoms with van der Waals surface area (Å²) in [6, 6.07) is 8.91. The standard InChI is InChI=1S/C27H24F2N4O4S2/c1-14-9-18(33-12-17-6-8-22(37-2)24(34)19(17)13-33)11-30-26(14)39(35,36)32-27-31-23(25(38-27)15-3-4-15)16-5-7-20(28)21(29)10-16/h5-11,15,34H,3-4,12-13H2,1-2H3,(H,31,32). The molecule has 2 aliphatic rings. The molecule has 0 saturated heterocycles. The van der Waals surface area contributed by atoms with Crippen LogP contribution in [0.25, 0.3) is 11.3 Å². The van der Waals surface area contributed by atoms with Crippen LogP contribution in [0.2, 0.25) is 0 Å². The van der Waals surface area contributed by atoms with Crippen LogP contribution in [0, 0.1) is 18.6 Å². The largest absolute Gasteiger partial charge is 0.504 e. The lowest BCUT2D eigenvalue weighted by molar-refractivity contribution is 0.371. The van der Waals surface area contributed by atoms with Crippen molar-refractivity contribution in [1.29, 1.82) is 0 Å².